The van der Waals surface area contributed by atoms with Crippen LogP contribution in [-0.2, 0) is 40.4 Å². The van der Waals surface area contributed by atoms with Crippen LogP contribution in [0.15, 0.2) is 90.3 Å². The number of hydrogen-bond acceptors (Lipinski definition) is 6. The Hall–Kier alpha value is -4.10. The summed E-state index contributed by atoms with van der Waals surface area (Å²) >= 11 is 5.93. The maximum atomic E-state index is 12.5. The van der Waals surface area contributed by atoms with Crippen LogP contribution in [0.1, 0.15) is 43.0 Å². The Balaban J connectivity index is 1.31. The molecule has 3 aromatic carbocycles. The van der Waals surface area contributed by atoms with E-state index in [-0.39, 0.29) is 12.6 Å². The Morgan fingerprint density at radius 3 is 2.17 bits per heavy atom. The van der Waals surface area contributed by atoms with Crippen molar-refractivity contribution in [1.29, 1.82) is 0 Å². The summed E-state index contributed by atoms with van der Waals surface area (Å²) in [6.45, 7) is 6.88. The van der Waals surface area contributed by atoms with Crippen molar-refractivity contribution >= 4 is 23.3 Å². The number of carbonyl (C=O) groups is 1. The Morgan fingerprint density at radius 2 is 1.51 bits per heavy atom. The van der Waals surface area contributed by atoms with Crippen LogP contribution < -0.4 is 4.74 Å². The van der Waals surface area contributed by atoms with Crippen molar-refractivity contribution in [3.63, 3.8) is 0 Å². The van der Waals surface area contributed by atoms with Crippen LogP contribution in [0, 0.1) is 11.8 Å². The third kappa shape index (κ3) is 8.95. The molecule has 1 atom stereocenters. The third-order valence-electron chi connectivity index (χ3n) is 6.59. The minimum Gasteiger partial charge on any atom is -0.489 e. The second kappa shape index (κ2) is 14.5. The van der Waals surface area contributed by atoms with Crippen molar-refractivity contribution in [1.82, 2.24) is 9.78 Å². The number of ether oxygens (including phenoxy) is 2. The van der Waals surface area contributed by atoms with E-state index in [1.54, 1.807) is 19.1 Å². The van der Waals surface area contributed by atoms with Gasteiger partial charge in [-0.05, 0) is 78.8 Å². The summed E-state index contributed by atoms with van der Waals surface area (Å²) in [6.07, 6.45) is 5.28. The Morgan fingerprint density at radius 1 is 0.878 bits per heavy atom. The van der Waals surface area contributed by atoms with Crippen molar-refractivity contribution < 1.29 is 19.1 Å². The van der Waals surface area contributed by atoms with Crippen molar-refractivity contribution in [2.75, 3.05) is 7.11 Å². The minimum atomic E-state index is -0.567. The molecule has 0 radical (unpaired) electrons. The fraction of sp³-hybridized carbons (Fsp3) is 0.303. The van der Waals surface area contributed by atoms with Gasteiger partial charge in [-0.15, -0.1) is 0 Å². The van der Waals surface area contributed by atoms with Gasteiger partial charge in [-0.25, -0.2) is 4.68 Å². The molecule has 0 aliphatic heterocycles. The van der Waals surface area contributed by atoms with Gasteiger partial charge in [0.05, 0.1) is 24.7 Å². The number of benzene rings is 3. The molecule has 0 aliphatic carbocycles. The van der Waals surface area contributed by atoms with E-state index in [1.165, 1.54) is 12.7 Å². The van der Waals surface area contributed by atoms with E-state index in [4.69, 9.17) is 25.9 Å². The van der Waals surface area contributed by atoms with E-state index in [2.05, 4.69) is 48.4 Å². The maximum Gasteiger partial charge on any atom is 0.314 e. The zero-order valence-corrected chi connectivity index (χ0v) is 24.7. The fourth-order valence-electron chi connectivity index (χ4n) is 4.35. The zero-order valence-electron chi connectivity index (χ0n) is 23.9. The molecule has 4 aromatic rings. The quantitative estimate of drug-likeness (QED) is 0.0958. The lowest BCUT2D eigenvalue weighted by atomic mass is 9.95. The number of hydrogen-bond donors (Lipinski definition) is 0. The molecule has 0 saturated carbocycles. The van der Waals surface area contributed by atoms with E-state index in [9.17, 15) is 4.79 Å². The van der Waals surface area contributed by atoms with Crippen LogP contribution in [0.3, 0.4) is 0 Å². The summed E-state index contributed by atoms with van der Waals surface area (Å²) in [5, 5.41) is 9.32. The highest BCUT2D eigenvalue weighted by Crippen LogP contribution is 2.20. The average Bonchev–Trinajstić information content (AvgIpc) is 3.45. The highest BCUT2D eigenvalue weighted by atomic mass is 35.5. The van der Waals surface area contributed by atoms with Crippen LogP contribution in [0.4, 0.5) is 0 Å². The first kappa shape index (κ1) is 29.9. The number of halogens is 1. The minimum absolute atomic E-state index is 0.276. The molecule has 0 fully saturated rings. The molecule has 0 spiro atoms. The van der Waals surface area contributed by atoms with Gasteiger partial charge < -0.3 is 14.3 Å². The summed E-state index contributed by atoms with van der Waals surface area (Å²) < 4.78 is 12.9. The predicted molar refractivity (Wildman–Crippen MR) is 161 cm³/mol. The molecule has 1 aromatic heterocycles. The Labute approximate surface area is 246 Å². The number of esters is 1. The van der Waals surface area contributed by atoms with Gasteiger partial charge in [0.25, 0.3) is 0 Å². The molecule has 8 heteroatoms. The molecular weight excluding hydrogens is 538 g/mol. The van der Waals surface area contributed by atoms with Gasteiger partial charge in [0.15, 0.2) is 0 Å². The normalized spacial score (nSPS) is 12.3. The fourth-order valence-corrected chi connectivity index (χ4v) is 4.48. The largest absolute Gasteiger partial charge is 0.489 e. The number of oxime groups is 1. The van der Waals surface area contributed by atoms with Crippen molar-refractivity contribution in [2.24, 2.45) is 17.0 Å². The molecule has 0 bridgehead atoms. The number of carbonyl (C=O) groups excluding carboxylic acids is 1. The monoisotopic (exact) mass is 573 g/mol. The van der Waals surface area contributed by atoms with Gasteiger partial charge >= 0.3 is 5.97 Å². The van der Waals surface area contributed by atoms with Crippen molar-refractivity contribution in [3.8, 4) is 11.4 Å². The van der Waals surface area contributed by atoms with Crippen LogP contribution in [0.5, 0.6) is 5.75 Å². The van der Waals surface area contributed by atoms with Crippen molar-refractivity contribution in [2.45, 2.75) is 46.8 Å². The molecule has 41 heavy (non-hydrogen) atoms. The number of rotatable bonds is 13. The first-order chi connectivity index (χ1) is 19.8. The molecule has 0 amide bonds. The van der Waals surface area contributed by atoms with Gasteiger partial charge in [0.1, 0.15) is 24.9 Å². The maximum absolute atomic E-state index is 12.5. The van der Waals surface area contributed by atoms with Gasteiger partial charge in [0.2, 0.25) is 0 Å². The molecule has 0 aliphatic rings. The SMILES string of the molecule is COC(=O)C(Cc1ccc(OCc2cnn(-c3ccc(CC(C)C)cc3)c2)cc1)C(C)=NOCc1ccc(Cl)cc1. The number of methoxy groups -OCH3 is 1. The summed E-state index contributed by atoms with van der Waals surface area (Å²) in [6, 6.07) is 23.5. The van der Waals surface area contributed by atoms with E-state index >= 15 is 0 Å². The Bertz CT molecular complexity index is 1430. The first-order valence-corrected chi connectivity index (χ1v) is 14.0. The van der Waals surface area contributed by atoms with E-state index in [0.717, 1.165) is 34.5 Å². The van der Waals surface area contributed by atoms with Crippen LogP contribution >= 0.6 is 11.6 Å². The summed E-state index contributed by atoms with van der Waals surface area (Å²) in [7, 11) is 1.37. The van der Waals surface area contributed by atoms with Gasteiger partial charge in [-0.1, -0.05) is 67.0 Å². The predicted octanol–water partition coefficient (Wildman–Crippen LogP) is 7.23. The first-order valence-electron chi connectivity index (χ1n) is 13.6. The van der Waals surface area contributed by atoms with Gasteiger partial charge in [-0.2, -0.15) is 5.10 Å². The second-order valence-electron chi connectivity index (χ2n) is 10.4. The molecule has 0 N–H and O–H groups in total. The van der Waals surface area contributed by atoms with Gasteiger partial charge in [-0.3, -0.25) is 4.79 Å². The summed E-state index contributed by atoms with van der Waals surface area (Å²) in [5.41, 5.74) is 5.73. The van der Waals surface area contributed by atoms with Crippen LogP contribution in [0.25, 0.3) is 5.69 Å². The van der Waals surface area contributed by atoms with Crippen LogP contribution in [0.2, 0.25) is 5.02 Å². The summed E-state index contributed by atoms with van der Waals surface area (Å²) in [5.74, 6) is 0.419. The Kier molecular flexibility index (Phi) is 10.6. The lowest BCUT2D eigenvalue weighted by Gasteiger charge is -2.15. The smallest absolute Gasteiger partial charge is 0.314 e. The summed E-state index contributed by atoms with van der Waals surface area (Å²) in [4.78, 5) is 18.0. The lowest BCUT2D eigenvalue weighted by molar-refractivity contribution is -0.143. The molecule has 214 valence electrons. The third-order valence-corrected chi connectivity index (χ3v) is 6.84. The molecule has 0 saturated heterocycles. The molecule has 1 heterocycles. The van der Waals surface area contributed by atoms with Crippen molar-refractivity contribution in [3.05, 3.63) is 112 Å². The van der Waals surface area contributed by atoms with Gasteiger partial charge in [0, 0.05) is 16.8 Å². The van der Waals surface area contributed by atoms with E-state index in [1.807, 2.05) is 53.5 Å². The average molecular weight is 574 g/mol. The highest BCUT2D eigenvalue weighted by molar-refractivity contribution is 6.30. The second-order valence-corrected chi connectivity index (χ2v) is 10.8. The zero-order chi connectivity index (χ0) is 29.2. The number of aromatic nitrogens is 2. The molecular formula is C33H36ClN3O4. The topological polar surface area (TPSA) is 74.9 Å². The standard InChI is InChI=1S/C33H36ClN3O4/c1-23(2)17-25-7-13-30(14-8-25)37-20-28(19-35-37)21-40-31-15-9-26(10-16-31)18-32(33(38)39-4)24(3)36-41-22-27-5-11-29(34)12-6-27/h5-16,19-20,23,32H,17-18,21-22H2,1-4H3. The van der Waals surface area contributed by atoms with E-state index < -0.39 is 5.92 Å². The van der Waals surface area contributed by atoms with Crippen LogP contribution in [-0.4, -0.2) is 28.6 Å². The molecule has 4 rings (SSSR count). The molecule has 1 unspecified atom stereocenters. The molecule has 7 nitrogen and oxygen atoms in total. The lowest BCUT2D eigenvalue weighted by Crippen LogP contribution is -2.26. The van der Waals surface area contributed by atoms with E-state index in [0.29, 0.717) is 29.7 Å². The number of nitrogens with zero attached hydrogens (tertiary/aromatic N) is 3. The highest BCUT2D eigenvalue weighted by Gasteiger charge is 2.24.